The number of benzene rings is 2. The van der Waals surface area contributed by atoms with Crippen LogP contribution in [0.25, 0.3) is 10.9 Å². The maximum Gasteiger partial charge on any atom is 0.276 e. The summed E-state index contributed by atoms with van der Waals surface area (Å²) in [5.74, 6) is 0.605. The van der Waals surface area contributed by atoms with Crippen molar-refractivity contribution in [1.29, 1.82) is 0 Å². The van der Waals surface area contributed by atoms with Crippen LogP contribution in [0.5, 0.6) is 11.5 Å². The molecule has 0 radical (unpaired) electrons. The van der Waals surface area contributed by atoms with E-state index >= 15 is 0 Å². The average Bonchev–Trinajstić information content (AvgIpc) is 3.05. The number of halogens is 1. The lowest BCUT2D eigenvalue weighted by Gasteiger charge is -2.20. The summed E-state index contributed by atoms with van der Waals surface area (Å²) in [7, 11) is 0. The number of nitro benzene ring substituents is 1. The van der Waals surface area contributed by atoms with Gasteiger partial charge in [0.1, 0.15) is 13.2 Å². The summed E-state index contributed by atoms with van der Waals surface area (Å²) in [6.45, 7) is 0.888. The number of H-pyrrole nitrogens is 1. The molecule has 2 aromatic carbocycles. The summed E-state index contributed by atoms with van der Waals surface area (Å²) < 4.78 is 11.6. The van der Waals surface area contributed by atoms with Gasteiger partial charge in [0, 0.05) is 34.1 Å². The number of carbonyl (C=O) groups excluding carboxylic acids is 1. The summed E-state index contributed by atoms with van der Waals surface area (Å²) in [5, 5.41) is 20.7. The van der Waals surface area contributed by atoms with Crippen molar-refractivity contribution in [3.8, 4) is 11.5 Å². The lowest BCUT2D eigenvalue weighted by atomic mass is 10.1. The van der Waals surface area contributed by atoms with E-state index in [9.17, 15) is 14.9 Å². The van der Waals surface area contributed by atoms with Crippen LogP contribution in [-0.2, 0) is 0 Å². The minimum absolute atomic E-state index is 0.0606. The normalized spacial score (nSPS) is 12.8. The first kappa shape index (κ1) is 16.3. The Bertz CT molecular complexity index is 1050. The standard InChI is InChI=1S/C16H11BrN4O5/c17-10-6-13-14(26-4-3-25-13)7-12(10)18-16(22)15-9-5-8(21(23)24)1-2-11(9)19-20-15/h1-2,5-7H,3-4H2,(H,18,22)(H,19,20). The van der Waals surface area contributed by atoms with Crippen molar-refractivity contribution in [3.05, 3.63) is 50.6 Å². The van der Waals surface area contributed by atoms with Crippen molar-refractivity contribution >= 4 is 44.1 Å². The molecule has 0 fully saturated rings. The third kappa shape index (κ3) is 2.84. The monoisotopic (exact) mass is 418 g/mol. The number of ether oxygens (including phenoxy) is 2. The van der Waals surface area contributed by atoms with E-state index in [-0.39, 0.29) is 11.4 Å². The van der Waals surface area contributed by atoms with Crippen molar-refractivity contribution in [2.24, 2.45) is 0 Å². The summed E-state index contributed by atoms with van der Waals surface area (Å²) in [4.78, 5) is 23.1. The zero-order valence-corrected chi connectivity index (χ0v) is 14.7. The molecule has 0 atom stereocenters. The molecule has 2 N–H and O–H groups in total. The lowest BCUT2D eigenvalue weighted by Crippen LogP contribution is -2.17. The van der Waals surface area contributed by atoms with E-state index in [1.165, 1.54) is 18.2 Å². The fourth-order valence-corrected chi connectivity index (χ4v) is 3.05. The minimum Gasteiger partial charge on any atom is -0.486 e. The quantitative estimate of drug-likeness (QED) is 0.497. The molecule has 132 valence electrons. The molecule has 26 heavy (non-hydrogen) atoms. The lowest BCUT2D eigenvalue weighted by molar-refractivity contribution is -0.384. The Morgan fingerprint density at radius 2 is 1.96 bits per heavy atom. The van der Waals surface area contributed by atoms with Crippen LogP contribution in [-0.4, -0.2) is 34.2 Å². The summed E-state index contributed by atoms with van der Waals surface area (Å²) in [5.41, 5.74) is 0.946. The number of non-ortho nitro benzene ring substituents is 1. The summed E-state index contributed by atoms with van der Waals surface area (Å²) in [6, 6.07) is 7.52. The number of fused-ring (bicyclic) bond motifs is 2. The molecule has 0 bridgehead atoms. The smallest absolute Gasteiger partial charge is 0.276 e. The highest BCUT2D eigenvalue weighted by atomic mass is 79.9. The number of amides is 1. The molecule has 2 heterocycles. The summed E-state index contributed by atoms with van der Waals surface area (Å²) in [6.07, 6.45) is 0. The van der Waals surface area contributed by atoms with E-state index in [1.54, 1.807) is 12.1 Å². The maximum absolute atomic E-state index is 12.6. The van der Waals surface area contributed by atoms with Crippen LogP contribution in [0.4, 0.5) is 11.4 Å². The molecule has 1 aliphatic heterocycles. The van der Waals surface area contributed by atoms with Crippen LogP contribution in [0.1, 0.15) is 10.5 Å². The van der Waals surface area contributed by atoms with Gasteiger partial charge in [-0.2, -0.15) is 5.10 Å². The fourth-order valence-electron chi connectivity index (χ4n) is 2.63. The highest BCUT2D eigenvalue weighted by molar-refractivity contribution is 9.10. The van der Waals surface area contributed by atoms with Crippen LogP contribution in [0.2, 0.25) is 0 Å². The van der Waals surface area contributed by atoms with Gasteiger partial charge in [-0.3, -0.25) is 20.0 Å². The van der Waals surface area contributed by atoms with Gasteiger partial charge in [-0.05, 0) is 22.0 Å². The Morgan fingerprint density at radius 1 is 1.23 bits per heavy atom. The van der Waals surface area contributed by atoms with Gasteiger partial charge >= 0.3 is 0 Å². The number of rotatable bonds is 3. The molecule has 9 nitrogen and oxygen atoms in total. The topological polar surface area (TPSA) is 119 Å². The molecule has 10 heteroatoms. The average molecular weight is 419 g/mol. The van der Waals surface area contributed by atoms with Gasteiger partial charge in [0.2, 0.25) is 0 Å². The molecule has 1 aromatic heterocycles. The van der Waals surface area contributed by atoms with Crippen molar-refractivity contribution < 1.29 is 19.2 Å². The predicted octanol–water partition coefficient (Wildman–Crippen LogP) is 3.26. The van der Waals surface area contributed by atoms with E-state index in [0.717, 1.165) is 0 Å². The maximum atomic E-state index is 12.6. The van der Waals surface area contributed by atoms with Crippen molar-refractivity contribution in [2.45, 2.75) is 0 Å². The third-order valence-electron chi connectivity index (χ3n) is 3.85. The van der Waals surface area contributed by atoms with E-state index < -0.39 is 10.8 Å². The van der Waals surface area contributed by atoms with E-state index in [2.05, 4.69) is 31.4 Å². The highest BCUT2D eigenvalue weighted by Crippen LogP contribution is 2.38. The predicted molar refractivity (Wildman–Crippen MR) is 95.8 cm³/mol. The number of aromatic nitrogens is 2. The van der Waals surface area contributed by atoms with Gasteiger partial charge in [-0.1, -0.05) is 0 Å². The van der Waals surface area contributed by atoms with Crippen LogP contribution >= 0.6 is 15.9 Å². The van der Waals surface area contributed by atoms with Gasteiger partial charge < -0.3 is 14.8 Å². The highest BCUT2D eigenvalue weighted by Gasteiger charge is 2.20. The Balaban J connectivity index is 1.67. The van der Waals surface area contributed by atoms with Crippen LogP contribution in [0.3, 0.4) is 0 Å². The number of nitrogens with zero attached hydrogens (tertiary/aromatic N) is 2. The van der Waals surface area contributed by atoms with Crippen LogP contribution < -0.4 is 14.8 Å². The second-order valence-corrected chi connectivity index (χ2v) is 6.34. The molecular weight excluding hydrogens is 408 g/mol. The molecule has 0 aliphatic carbocycles. The molecule has 0 saturated heterocycles. The van der Waals surface area contributed by atoms with Crippen LogP contribution in [0.15, 0.2) is 34.8 Å². The van der Waals surface area contributed by atoms with E-state index in [0.29, 0.717) is 45.8 Å². The zero-order valence-electron chi connectivity index (χ0n) is 13.1. The Hall–Kier alpha value is -3.14. The number of anilines is 1. The number of hydrogen-bond donors (Lipinski definition) is 2. The molecule has 4 rings (SSSR count). The number of nitrogens with one attached hydrogen (secondary N) is 2. The van der Waals surface area contributed by atoms with E-state index in [4.69, 9.17) is 9.47 Å². The zero-order chi connectivity index (χ0) is 18.3. The molecule has 0 saturated carbocycles. The summed E-state index contributed by atoms with van der Waals surface area (Å²) >= 11 is 3.38. The number of aromatic amines is 1. The molecule has 0 unspecified atom stereocenters. The molecule has 1 aliphatic rings. The SMILES string of the molecule is O=C(Nc1cc2c(cc1Br)OCCO2)c1n[nH]c2ccc([N+](=O)[O-])cc12. The Labute approximate surface area is 154 Å². The first-order valence-corrected chi connectivity index (χ1v) is 8.35. The molecular formula is C16H11BrN4O5. The van der Waals surface area contributed by atoms with Gasteiger partial charge in [0.05, 0.1) is 16.1 Å². The first-order valence-electron chi connectivity index (χ1n) is 7.56. The number of nitro groups is 1. The van der Waals surface area contributed by atoms with Crippen molar-refractivity contribution in [3.63, 3.8) is 0 Å². The molecule has 3 aromatic rings. The second-order valence-electron chi connectivity index (χ2n) is 5.49. The second kappa shape index (κ2) is 6.30. The first-order chi connectivity index (χ1) is 12.5. The van der Waals surface area contributed by atoms with Crippen LogP contribution in [0, 0.1) is 10.1 Å². The molecule has 1 amide bonds. The Morgan fingerprint density at radius 3 is 2.69 bits per heavy atom. The number of carbonyl (C=O) groups is 1. The number of hydrogen-bond acceptors (Lipinski definition) is 6. The third-order valence-corrected chi connectivity index (χ3v) is 4.51. The Kier molecular flexibility index (Phi) is 3.96. The van der Waals surface area contributed by atoms with Crippen molar-refractivity contribution in [2.75, 3.05) is 18.5 Å². The molecule has 0 spiro atoms. The van der Waals surface area contributed by atoms with E-state index in [1.807, 2.05) is 0 Å². The minimum atomic E-state index is -0.522. The van der Waals surface area contributed by atoms with Crippen molar-refractivity contribution in [1.82, 2.24) is 10.2 Å². The van der Waals surface area contributed by atoms with Gasteiger partial charge in [0.15, 0.2) is 17.2 Å². The van der Waals surface area contributed by atoms with Gasteiger partial charge in [-0.15, -0.1) is 0 Å². The van der Waals surface area contributed by atoms with Gasteiger partial charge in [0.25, 0.3) is 11.6 Å². The fraction of sp³-hybridized carbons (Fsp3) is 0.125. The largest absolute Gasteiger partial charge is 0.486 e. The van der Waals surface area contributed by atoms with Gasteiger partial charge in [-0.25, -0.2) is 0 Å².